The van der Waals surface area contributed by atoms with Crippen LogP contribution in [0.1, 0.15) is 62.0 Å². The van der Waals surface area contributed by atoms with Crippen LogP contribution in [0.5, 0.6) is 11.5 Å². The summed E-state index contributed by atoms with van der Waals surface area (Å²) in [5.41, 5.74) is 5.42. The van der Waals surface area contributed by atoms with Gasteiger partial charge in [0.25, 0.3) is 0 Å². The molecule has 0 spiro atoms. The molecule has 0 bridgehead atoms. The van der Waals surface area contributed by atoms with Gasteiger partial charge in [-0.2, -0.15) is 0 Å². The van der Waals surface area contributed by atoms with Crippen molar-refractivity contribution >= 4 is 57.4 Å². The zero-order valence-electron chi connectivity index (χ0n) is 22.7. The maximum atomic E-state index is 13.6. The van der Waals surface area contributed by atoms with Crippen molar-refractivity contribution < 1.29 is 23.8 Å². The third-order valence-corrected chi connectivity index (χ3v) is 9.31. The molecule has 1 heterocycles. The lowest BCUT2D eigenvalue weighted by Gasteiger charge is -2.44. The summed E-state index contributed by atoms with van der Waals surface area (Å²) < 4.78 is 18.1. The molecule has 212 valence electrons. The SMILES string of the molecule is COCCCN1C2=C(C(=O)CCC2)C(c2cc(I)c(OCc3ccc(Cl)c(Cl)c3)c(OC)c2)C2=C1CCCC2=O. The Morgan fingerprint density at radius 3 is 2.20 bits per heavy atom. The van der Waals surface area contributed by atoms with Crippen molar-refractivity contribution in [3.05, 3.63) is 77.6 Å². The number of methoxy groups -OCH3 is 2. The van der Waals surface area contributed by atoms with E-state index in [9.17, 15) is 9.59 Å². The van der Waals surface area contributed by atoms with Crippen molar-refractivity contribution in [1.82, 2.24) is 4.90 Å². The Labute approximate surface area is 258 Å². The third-order valence-electron chi connectivity index (χ3n) is 7.77. The van der Waals surface area contributed by atoms with Gasteiger partial charge in [0.05, 0.1) is 20.7 Å². The summed E-state index contributed by atoms with van der Waals surface area (Å²) in [6.07, 6.45) is 5.12. The first kappa shape index (κ1) is 29.4. The van der Waals surface area contributed by atoms with Crippen LogP contribution < -0.4 is 9.47 Å². The van der Waals surface area contributed by atoms with Crippen molar-refractivity contribution in [2.75, 3.05) is 27.4 Å². The number of rotatable bonds is 9. The number of halogens is 3. The minimum absolute atomic E-state index is 0.127. The summed E-state index contributed by atoms with van der Waals surface area (Å²) in [6.45, 7) is 1.65. The fourth-order valence-corrected chi connectivity index (χ4v) is 7.12. The van der Waals surface area contributed by atoms with Gasteiger partial charge in [0, 0.05) is 61.6 Å². The van der Waals surface area contributed by atoms with Crippen LogP contribution in [0.4, 0.5) is 0 Å². The van der Waals surface area contributed by atoms with E-state index in [4.69, 9.17) is 37.4 Å². The summed E-state index contributed by atoms with van der Waals surface area (Å²) in [5, 5.41) is 0.958. The number of allylic oxidation sites excluding steroid dienone is 4. The minimum Gasteiger partial charge on any atom is -0.493 e. The zero-order chi connectivity index (χ0) is 28.4. The molecule has 0 atom stereocenters. The summed E-state index contributed by atoms with van der Waals surface area (Å²) >= 11 is 14.5. The van der Waals surface area contributed by atoms with Gasteiger partial charge in [-0.25, -0.2) is 0 Å². The van der Waals surface area contributed by atoms with Gasteiger partial charge in [0.1, 0.15) is 6.61 Å². The van der Waals surface area contributed by atoms with Crippen LogP contribution in [0.15, 0.2) is 52.9 Å². The Morgan fingerprint density at radius 2 is 1.60 bits per heavy atom. The molecule has 2 aromatic rings. The van der Waals surface area contributed by atoms with E-state index < -0.39 is 5.92 Å². The van der Waals surface area contributed by atoms with Crippen molar-refractivity contribution in [2.45, 2.75) is 57.5 Å². The zero-order valence-corrected chi connectivity index (χ0v) is 26.3. The van der Waals surface area contributed by atoms with Crippen LogP contribution in [-0.2, 0) is 20.9 Å². The van der Waals surface area contributed by atoms with Crippen molar-refractivity contribution in [3.8, 4) is 11.5 Å². The molecule has 0 amide bonds. The molecule has 6 nitrogen and oxygen atoms in total. The largest absolute Gasteiger partial charge is 0.493 e. The van der Waals surface area contributed by atoms with E-state index in [1.807, 2.05) is 18.2 Å². The maximum absolute atomic E-state index is 13.6. The fourth-order valence-electron chi connectivity index (χ4n) is 6.02. The number of Topliss-reactive ketones (excluding diaryl/α,β-unsaturated/α-hetero) is 2. The van der Waals surface area contributed by atoms with Gasteiger partial charge in [0.15, 0.2) is 23.1 Å². The van der Waals surface area contributed by atoms with E-state index >= 15 is 0 Å². The van der Waals surface area contributed by atoms with Gasteiger partial charge in [0.2, 0.25) is 0 Å². The van der Waals surface area contributed by atoms with E-state index in [2.05, 4.69) is 27.5 Å². The molecular weight excluding hydrogens is 664 g/mol. The van der Waals surface area contributed by atoms with Crippen LogP contribution in [0.3, 0.4) is 0 Å². The van der Waals surface area contributed by atoms with E-state index in [0.717, 1.165) is 75.9 Å². The first-order chi connectivity index (χ1) is 19.3. The predicted octanol–water partition coefficient (Wildman–Crippen LogP) is 7.64. The summed E-state index contributed by atoms with van der Waals surface area (Å²) in [5.74, 6) is 1.00. The number of ketones is 2. The van der Waals surface area contributed by atoms with Gasteiger partial charge in [-0.3, -0.25) is 9.59 Å². The second-order valence-electron chi connectivity index (χ2n) is 10.3. The highest BCUT2D eigenvalue weighted by molar-refractivity contribution is 14.1. The smallest absolute Gasteiger partial charge is 0.174 e. The Kier molecular flexibility index (Phi) is 9.45. The van der Waals surface area contributed by atoms with Crippen LogP contribution in [-0.4, -0.2) is 43.8 Å². The molecule has 2 aromatic carbocycles. The van der Waals surface area contributed by atoms with Gasteiger partial charge in [-0.1, -0.05) is 29.3 Å². The predicted molar refractivity (Wildman–Crippen MR) is 164 cm³/mol. The summed E-state index contributed by atoms with van der Waals surface area (Å²) in [7, 11) is 3.30. The molecular formula is C31H32Cl2INO5. The average Bonchev–Trinajstić information content (AvgIpc) is 2.94. The highest BCUT2D eigenvalue weighted by Crippen LogP contribution is 2.50. The molecule has 9 heteroatoms. The number of ether oxygens (including phenoxy) is 3. The van der Waals surface area contributed by atoms with Crippen LogP contribution in [0.2, 0.25) is 10.0 Å². The third kappa shape index (κ3) is 5.80. The van der Waals surface area contributed by atoms with Crippen LogP contribution >= 0.6 is 45.8 Å². The number of carbonyl (C=O) groups is 2. The summed E-state index contributed by atoms with van der Waals surface area (Å²) in [4.78, 5) is 29.4. The molecule has 0 saturated heterocycles. The minimum atomic E-state index is -0.407. The van der Waals surface area contributed by atoms with E-state index in [-0.39, 0.29) is 18.2 Å². The number of nitrogens with zero attached hydrogens (tertiary/aromatic N) is 1. The lowest BCUT2D eigenvalue weighted by Crippen LogP contribution is -2.39. The normalized spacial score (nSPS) is 17.8. The van der Waals surface area contributed by atoms with E-state index in [0.29, 0.717) is 41.0 Å². The number of carbonyl (C=O) groups excluding carboxylic acids is 2. The summed E-state index contributed by atoms with van der Waals surface area (Å²) in [6, 6.07) is 9.35. The maximum Gasteiger partial charge on any atom is 0.174 e. The Hall–Kier alpha value is -2.07. The molecule has 5 rings (SSSR count). The lowest BCUT2D eigenvalue weighted by molar-refractivity contribution is -0.117. The second kappa shape index (κ2) is 12.8. The molecule has 0 aromatic heterocycles. The molecule has 0 radical (unpaired) electrons. The molecule has 0 fully saturated rings. The first-order valence-electron chi connectivity index (χ1n) is 13.6. The van der Waals surface area contributed by atoms with Gasteiger partial charge >= 0.3 is 0 Å². The molecule has 0 N–H and O–H groups in total. The standard InChI is InChI=1S/C31H32Cl2INO5/c1-38-13-5-12-35-23-6-3-8-25(36)29(23)28(30-24(35)7-4-9-26(30)37)19-15-22(34)31(27(16-19)39-2)40-17-18-10-11-20(32)21(33)14-18/h10-11,14-16,28H,3-9,12-13,17H2,1-2H3. The highest BCUT2D eigenvalue weighted by Gasteiger charge is 2.43. The molecule has 2 aliphatic carbocycles. The molecule has 0 unspecified atom stereocenters. The number of hydrogen-bond donors (Lipinski definition) is 0. The number of benzene rings is 2. The Morgan fingerprint density at radius 1 is 0.925 bits per heavy atom. The lowest BCUT2D eigenvalue weighted by atomic mass is 9.71. The highest BCUT2D eigenvalue weighted by atomic mass is 127. The van der Waals surface area contributed by atoms with Crippen LogP contribution in [0, 0.1) is 3.57 Å². The monoisotopic (exact) mass is 695 g/mol. The molecule has 40 heavy (non-hydrogen) atoms. The topological polar surface area (TPSA) is 65.1 Å². The van der Waals surface area contributed by atoms with Gasteiger partial charge < -0.3 is 19.1 Å². The van der Waals surface area contributed by atoms with Gasteiger partial charge in [-0.05, 0) is 90.1 Å². The number of hydrogen-bond acceptors (Lipinski definition) is 6. The molecule has 1 aliphatic heterocycles. The van der Waals surface area contributed by atoms with Crippen molar-refractivity contribution in [1.29, 1.82) is 0 Å². The quantitative estimate of drug-likeness (QED) is 0.199. The fraction of sp³-hybridized carbons (Fsp3) is 0.419. The Balaban J connectivity index is 1.56. The first-order valence-corrected chi connectivity index (χ1v) is 15.4. The van der Waals surface area contributed by atoms with E-state index in [1.165, 1.54) is 0 Å². The molecule has 0 saturated carbocycles. The Bertz CT molecular complexity index is 1360. The second-order valence-corrected chi connectivity index (χ2v) is 12.3. The van der Waals surface area contributed by atoms with Gasteiger partial charge in [-0.15, -0.1) is 0 Å². The van der Waals surface area contributed by atoms with E-state index in [1.54, 1.807) is 26.4 Å². The average molecular weight is 696 g/mol. The van der Waals surface area contributed by atoms with Crippen molar-refractivity contribution in [3.63, 3.8) is 0 Å². The van der Waals surface area contributed by atoms with Crippen LogP contribution in [0.25, 0.3) is 0 Å². The molecule has 3 aliphatic rings. The van der Waals surface area contributed by atoms with Crippen molar-refractivity contribution in [2.24, 2.45) is 0 Å².